The third-order valence-corrected chi connectivity index (χ3v) is 5.99. The molecule has 4 N–H and O–H groups in total. The highest BCUT2D eigenvalue weighted by molar-refractivity contribution is 14.0. The summed E-state index contributed by atoms with van der Waals surface area (Å²) in [6.45, 7) is 12.5. The van der Waals surface area contributed by atoms with Crippen LogP contribution < -0.4 is 16.4 Å². The quantitative estimate of drug-likeness (QED) is 0.197. The number of aliphatic imine (C=N–C) groups is 1. The number of nitrogens with zero attached hydrogens (tertiary/aromatic N) is 5. The smallest absolute Gasteiger partial charge is 0.191 e. The highest BCUT2D eigenvalue weighted by Crippen LogP contribution is 2.21. The molecule has 1 aromatic heterocycles. The van der Waals surface area contributed by atoms with Gasteiger partial charge in [-0.25, -0.2) is 4.68 Å². The van der Waals surface area contributed by atoms with E-state index in [2.05, 4.69) is 54.4 Å². The summed E-state index contributed by atoms with van der Waals surface area (Å²) >= 11 is 0. The van der Waals surface area contributed by atoms with Gasteiger partial charge in [-0.05, 0) is 51.7 Å². The molecular formula is C24H37IN8. The standard InChI is InChI=1S/C24H36N8.HI/c1-5-27-24(29-22-16-31(17(2)3)15-18(22)4)28-13-9-12-21-20(14-25)23(26)32(30-21)19-10-7-6-8-11-19;/h6-8,10-11,17-18,22H,5,9,12-13,15-16,26H2,1-4H3,(H2,27,28,29);1H. The first-order chi connectivity index (χ1) is 15.4. The van der Waals surface area contributed by atoms with Gasteiger partial charge in [0, 0.05) is 38.3 Å². The van der Waals surface area contributed by atoms with Crippen molar-refractivity contribution >= 4 is 35.8 Å². The second-order valence-corrected chi connectivity index (χ2v) is 8.71. The summed E-state index contributed by atoms with van der Waals surface area (Å²) in [6.07, 6.45) is 1.44. The van der Waals surface area contributed by atoms with Crippen LogP contribution >= 0.6 is 24.0 Å². The highest BCUT2D eigenvalue weighted by atomic mass is 127. The number of nitrogens with one attached hydrogen (secondary N) is 2. The van der Waals surface area contributed by atoms with Crippen molar-refractivity contribution in [1.29, 1.82) is 5.26 Å². The minimum absolute atomic E-state index is 0. The number of nitrogen functional groups attached to an aromatic ring is 1. The number of guanidine groups is 1. The van der Waals surface area contributed by atoms with Crippen molar-refractivity contribution in [3.8, 4) is 11.8 Å². The molecule has 0 spiro atoms. The molecule has 1 aliphatic heterocycles. The molecule has 8 nitrogen and oxygen atoms in total. The van der Waals surface area contributed by atoms with E-state index in [1.807, 2.05) is 30.3 Å². The lowest BCUT2D eigenvalue weighted by atomic mass is 10.1. The van der Waals surface area contributed by atoms with Gasteiger partial charge < -0.3 is 16.4 Å². The molecule has 2 aromatic rings. The van der Waals surface area contributed by atoms with Crippen molar-refractivity contribution in [2.45, 2.75) is 52.6 Å². The molecule has 180 valence electrons. The maximum atomic E-state index is 9.58. The van der Waals surface area contributed by atoms with Gasteiger partial charge in [0.25, 0.3) is 0 Å². The van der Waals surface area contributed by atoms with Crippen LogP contribution in [0.5, 0.6) is 0 Å². The normalized spacial score (nSPS) is 18.7. The number of likely N-dealkylation sites (tertiary alicyclic amines) is 1. The number of hydrogen-bond acceptors (Lipinski definition) is 5. The lowest BCUT2D eigenvalue weighted by Crippen LogP contribution is -2.46. The number of nitriles is 1. The monoisotopic (exact) mass is 564 g/mol. The molecule has 1 saturated heterocycles. The van der Waals surface area contributed by atoms with Crippen molar-refractivity contribution < 1.29 is 0 Å². The minimum atomic E-state index is 0. The Morgan fingerprint density at radius 2 is 2.03 bits per heavy atom. The van der Waals surface area contributed by atoms with E-state index >= 15 is 0 Å². The van der Waals surface area contributed by atoms with Crippen molar-refractivity contribution in [1.82, 2.24) is 25.3 Å². The highest BCUT2D eigenvalue weighted by Gasteiger charge is 2.31. The van der Waals surface area contributed by atoms with Crippen LogP contribution in [0, 0.1) is 17.2 Å². The van der Waals surface area contributed by atoms with Crippen molar-refractivity contribution in [2.75, 3.05) is 31.9 Å². The Labute approximate surface area is 214 Å². The Balaban J connectivity index is 0.00000385. The summed E-state index contributed by atoms with van der Waals surface area (Å²) in [5, 5.41) is 21.2. The van der Waals surface area contributed by atoms with Crippen LogP contribution in [0.1, 0.15) is 45.4 Å². The molecule has 1 aromatic carbocycles. The summed E-state index contributed by atoms with van der Waals surface area (Å²) < 4.78 is 1.64. The van der Waals surface area contributed by atoms with Crippen LogP contribution in [-0.2, 0) is 6.42 Å². The van der Waals surface area contributed by atoms with E-state index in [4.69, 9.17) is 10.7 Å². The van der Waals surface area contributed by atoms with Gasteiger partial charge in [0.1, 0.15) is 17.5 Å². The zero-order valence-electron chi connectivity index (χ0n) is 20.1. The summed E-state index contributed by atoms with van der Waals surface area (Å²) in [4.78, 5) is 7.27. The maximum Gasteiger partial charge on any atom is 0.191 e. The Morgan fingerprint density at radius 3 is 2.64 bits per heavy atom. The Kier molecular flexibility index (Phi) is 10.4. The second-order valence-electron chi connectivity index (χ2n) is 8.71. The topological polar surface area (TPSA) is 107 Å². The third-order valence-electron chi connectivity index (χ3n) is 5.99. The summed E-state index contributed by atoms with van der Waals surface area (Å²) in [5.41, 5.74) is 8.23. The van der Waals surface area contributed by atoms with Crippen LogP contribution in [0.2, 0.25) is 0 Å². The number of aryl methyl sites for hydroxylation is 1. The largest absolute Gasteiger partial charge is 0.382 e. The first-order valence-electron chi connectivity index (χ1n) is 11.6. The zero-order valence-corrected chi connectivity index (χ0v) is 22.4. The van der Waals surface area contributed by atoms with Gasteiger partial charge in [-0.1, -0.05) is 25.1 Å². The number of halogens is 1. The molecule has 3 rings (SSSR count). The molecule has 0 aliphatic carbocycles. The van der Waals surface area contributed by atoms with E-state index in [0.717, 1.165) is 43.4 Å². The fraction of sp³-hybridized carbons (Fsp3) is 0.542. The first kappa shape index (κ1) is 26.9. The predicted octanol–water partition coefficient (Wildman–Crippen LogP) is 3.16. The van der Waals surface area contributed by atoms with E-state index in [1.165, 1.54) is 0 Å². The number of para-hydroxylation sites is 1. The van der Waals surface area contributed by atoms with E-state index in [9.17, 15) is 5.26 Å². The van der Waals surface area contributed by atoms with E-state index in [0.29, 0.717) is 42.3 Å². The Hall–Kier alpha value is -2.32. The predicted molar refractivity (Wildman–Crippen MR) is 145 cm³/mol. The Bertz CT molecular complexity index is 947. The third kappa shape index (κ3) is 6.84. The van der Waals surface area contributed by atoms with Crippen LogP contribution in [0.15, 0.2) is 35.3 Å². The molecule has 0 radical (unpaired) electrons. The van der Waals surface area contributed by atoms with Gasteiger partial charge in [-0.3, -0.25) is 9.89 Å². The molecular weight excluding hydrogens is 527 g/mol. The van der Waals surface area contributed by atoms with E-state index < -0.39 is 0 Å². The average molecular weight is 565 g/mol. The van der Waals surface area contributed by atoms with Gasteiger partial charge >= 0.3 is 0 Å². The molecule has 9 heteroatoms. The fourth-order valence-corrected chi connectivity index (χ4v) is 4.09. The lowest BCUT2D eigenvalue weighted by Gasteiger charge is -2.21. The number of benzene rings is 1. The van der Waals surface area contributed by atoms with Gasteiger partial charge in [-0.15, -0.1) is 24.0 Å². The molecule has 1 aliphatic rings. The van der Waals surface area contributed by atoms with Crippen molar-refractivity contribution in [3.63, 3.8) is 0 Å². The van der Waals surface area contributed by atoms with Gasteiger partial charge in [0.15, 0.2) is 5.96 Å². The van der Waals surface area contributed by atoms with E-state index in [1.54, 1.807) is 4.68 Å². The van der Waals surface area contributed by atoms with Gasteiger partial charge in [0.2, 0.25) is 0 Å². The average Bonchev–Trinajstić information content (AvgIpc) is 3.31. The molecule has 2 atom stereocenters. The molecule has 2 unspecified atom stereocenters. The summed E-state index contributed by atoms with van der Waals surface area (Å²) in [5.74, 6) is 1.81. The molecule has 0 saturated carbocycles. The van der Waals surface area contributed by atoms with Crippen molar-refractivity contribution in [3.05, 3.63) is 41.6 Å². The van der Waals surface area contributed by atoms with Crippen LogP contribution in [0.25, 0.3) is 5.69 Å². The summed E-state index contributed by atoms with van der Waals surface area (Å²) in [6, 6.07) is 12.8. The van der Waals surface area contributed by atoms with Gasteiger partial charge in [-0.2, -0.15) is 10.4 Å². The number of hydrogen-bond donors (Lipinski definition) is 3. The second kappa shape index (κ2) is 12.8. The van der Waals surface area contributed by atoms with Crippen LogP contribution in [0.3, 0.4) is 0 Å². The molecule has 1 fully saturated rings. The lowest BCUT2D eigenvalue weighted by molar-refractivity contribution is 0.265. The molecule has 33 heavy (non-hydrogen) atoms. The maximum absolute atomic E-state index is 9.58. The molecule has 0 amide bonds. The molecule has 0 bridgehead atoms. The SMILES string of the molecule is CCNC(=NCCCc1nn(-c2ccccc2)c(N)c1C#N)NC1CN(C(C)C)CC1C.I. The van der Waals surface area contributed by atoms with E-state index in [-0.39, 0.29) is 24.0 Å². The number of nitrogens with two attached hydrogens (primary N) is 1. The van der Waals surface area contributed by atoms with Crippen LogP contribution in [0.4, 0.5) is 5.82 Å². The number of aromatic nitrogens is 2. The molecule has 2 heterocycles. The number of rotatable bonds is 8. The summed E-state index contributed by atoms with van der Waals surface area (Å²) in [7, 11) is 0. The van der Waals surface area contributed by atoms with Crippen LogP contribution in [-0.4, -0.2) is 58.9 Å². The van der Waals surface area contributed by atoms with Crippen molar-refractivity contribution in [2.24, 2.45) is 10.9 Å². The first-order valence-corrected chi connectivity index (χ1v) is 11.6. The zero-order chi connectivity index (χ0) is 23.1. The fourth-order valence-electron chi connectivity index (χ4n) is 4.09. The minimum Gasteiger partial charge on any atom is -0.382 e. The van der Waals surface area contributed by atoms with Gasteiger partial charge in [0.05, 0.1) is 11.4 Å². The number of anilines is 1. The Morgan fingerprint density at radius 1 is 1.30 bits per heavy atom.